The lowest BCUT2D eigenvalue weighted by atomic mass is 10.0. The lowest BCUT2D eigenvalue weighted by molar-refractivity contribution is -0.00601. The molecule has 0 radical (unpaired) electrons. The van der Waals surface area contributed by atoms with Crippen molar-refractivity contribution in [1.29, 1.82) is 0 Å². The first-order valence-electron chi connectivity index (χ1n) is 10.7. The predicted octanol–water partition coefficient (Wildman–Crippen LogP) is 4.13. The summed E-state index contributed by atoms with van der Waals surface area (Å²) in [6.07, 6.45) is 6.03. The number of rotatable bonds is 8. The highest BCUT2D eigenvalue weighted by Gasteiger charge is 2.37. The number of likely N-dealkylation sites (tertiary alicyclic amines) is 1. The zero-order valence-corrected chi connectivity index (χ0v) is 18.8. The molecule has 0 aliphatic carbocycles. The number of anilines is 1. The molecule has 1 saturated heterocycles. The molecule has 166 valence electrons. The quantitative estimate of drug-likeness (QED) is 0.696. The topological polar surface area (TPSA) is 51.3 Å². The number of nitrogens with zero attached hydrogens (tertiary/aromatic N) is 5. The molecule has 1 aliphatic heterocycles. The van der Waals surface area contributed by atoms with Crippen molar-refractivity contribution in [2.75, 3.05) is 45.2 Å². The maximum atomic E-state index is 15.0. The Morgan fingerprint density at radius 1 is 1.23 bits per heavy atom. The van der Waals surface area contributed by atoms with Crippen LogP contribution in [0.15, 0.2) is 29.9 Å². The third-order valence-corrected chi connectivity index (χ3v) is 6.42. The molecule has 1 N–H and O–H groups in total. The average Bonchev–Trinajstić information content (AvgIpc) is 3.21. The van der Waals surface area contributed by atoms with Crippen LogP contribution in [0.2, 0.25) is 0 Å². The molecule has 3 heterocycles. The van der Waals surface area contributed by atoms with Gasteiger partial charge in [0.25, 0.3) is 5.92 Å². The molecule has 0 amide bonds. The Bertz CT molecular complexity index is 869. The van der Waals surface area contributed by atoms with Gasteiger partial charge in [-0.1, -0.05) is 6.92 Å². The molecular formula is C22H34F2N6. The molecule has 0 saturated carbocycles. The minimum atomic E-state index is -2.82. The van der Waals surface area contributed by atoms with E-state index in [1.807, 2.05) is 36.2 Å². The van der Waals surface area contributed by atoms with Gasteiger partial charge in [-0.3, -0.25) is 4.90 Å². The maximum absolute atomic E-state index is 15.0. The van der Waals surface area contributed by atoms with E-state index in [1.165, 1.54) is 0 Å². The van der Waals surface area contributed by atoms with Crippen molar-refractivity contribution in [3.63, 3.8) is 0 Å². The van der Waals surface area contributed by atoms with Crippen LogP contribution in [0.5, 0.6) is 0 Å². The summed E-state index contributed by atoms with van der Waals surface area (Å²) in [5.74, 6) is -1.94. The van der Waals surface area contributed by atoms with Crippen molar-refractivity contribution in [2.24, 2.45) is 0 Å². The number of aromatic amines is 1. The molecule has 1 aliphatic rings. The lowest BCUT2D eigenvalue weighted by Gasteiger charge is -2.39. The van der Waals surface area contributed by atoms with Crippen LogP contribution in [0.1, 0.15) is 40.0 Å². The van der Waals surface area contributed by atoms with Crippen molar-refractivity contribution in [1.82, 2.24) is 24.8 Å². The van der Waals surface area contributed by atoms with Gasteiger partial charge in [-0.05, 0) is 39.2 Å². The molecule has 0 bridgehead atoms. The first kappa shape index (κ1) is 22.5. The van der Waals surface area contributed by atoms with E-state index < -0.39 is 5.92 Å². The zero-order chi connectivity index (χ0) is 21.9. The number of alkyl halides is 2. The molecular weight excluding hydrogens is 386 g/mol. The third kappa shape index (κ3) is 4.74. The Morgan fingerprint density at radius 3 is 2.60 bits per heavy atom. The van der Waals surface area contributed by atoms with Gasteiger partial charge in [-0.15, -0.1) is 0 Å². The van der Waals surface area contributed by atoms with Crippen molar-refractivity contribution in [3.8, 4) is 0 Å². The molecule has 2 aromatic heterocycles. The van der Waals surface area contributed by atoms with Gasteiger partial charge in [0.05, 0.1) is 11.9 Å². The Balaban J connectivity index is 1.61. The Hall–Kier alpha value is -2.22. The summed E-state index contributed by atoms with van der Waals surface area (Å²) >= 11 is 0. The fourth-order valence-corrected chi connectivity index (χ4v) is 4.23. The highest BCUT2D eigenvalue weighted by Crippen LogP contribution is 2.31. The van der Waals surface area contributed by atoms with Gasteiger partial charge in [0.2, 0.25) is 0 Å². The number of H-pyrrole nitrogens is 1. The van der Waals surface area contributed by atoms with Gasteiger partial charge in [-0.25, -0.2) is 18.7 Å². The Morgan fingerprint density at radius 2 is 1.93 bits per heavy atom. The van der Waals surface area contributed by atoms with Gasteiger partial charge in [0.15, 0.2) is 0 Å². The number of hydrogen-bond acceptors (Lipinski definition) is 5. The van der Waals surface area contributed by atoms with E-state index >= 15 is 0 Å². The number of halogens is 2. The van der Waals surface area contributed by atoms with E-state index in [0.29, 0.717) is 18.8 Å². The van der Waals surface area contributed by atoms with Crippen molar-refractivity contribution in [2.45, 2.75) is 52.0 Å². The minimum absolute atomic E-state index is 0.175. The van der Waals surface area contributed by atoms with Gasteiger partial charge >= 0.3 is 0 Å². The van der Waals surface area contributed by atoms with Gasteiger partial charge in [0.1, 0.15) is 17.8 Å². The van der Waals surface area contributed by atoms with Crippen LogP contribution in [-0.2, 0) is 0 Å². The number of allylic oxidation sites excluding steroid dienone is 1. The second kappa shape index (κ2) is 9.29. The first-order valence-corrected chi connectivity index (χ1v) is 10.7. The van der Waals surface area contributed by atoms with Crippen LogP contribution >= 0.6 is 0 Å². The van der Waals surface area contributed by atoms with Crippen LogP contribution in [-0.4, -0.2) is 77.0 Å². The highest BCUT2D eigenvalue weighted by molar-refractivity contribution is 5.87. The van der Waals surface area contributed by atoms with Gasteiger partial charge < -0.3 is 14.8 Å². The lowest BCUT2D eigenvalue weighted by Crippen LogP contribution is -2.47. The summed E-state index contributed by atoms with van der Waals surface area (Å²) in [5.41, 5.74) is 1.67. The number of piperidine rings is 1. The van der Waals surface area contributed by atoms with Crippen LogP contribution in [0.4, 0.5) is 14.6 Å². The zero-order valence-electron chi connectivity index (χ0n) is 18.8. The molecule has 30 heavy (non-hydrogen) atoms. The van der Waals surface area contributed by atoms with Crippen molar-refractivity contribution >= 4 is 16.9 Å². The molecule has 0 unspecified atom stereocenters. The molecule has 2 aromatic rings. The van der Waals surface area contributed by atoms with Crippen molar-refractivity contribution in [3.05, 3.63) is 29.9 Å². The van der Waals surface area contributed by atoms with E-state index in [9.17, 15) is 8.78 Å². The minimum Gasteiger partial charge on any atom is -0.378 e. The summed E-state index contributed by atoms with van der Waals surface area (Å²) < 4.78 is 29.9. The third-order valence-electron chi connectivity index (χ3n) is 6.42. The molecule has 8 heteroatoms. The van der Waals surface area contributed by atoms with E-state index in [2.05, 4.69) is 26.8 Å². The second-order valence-electron chi connectivity index (χ2n) is 8.39. The molecule has 3 rings (SSSR count). The van der Waals surface area contributed by atoms with E-state index in [0.717, 1.165) is 42.7 Å². The molecule has 0 aromatic carbocycles. The summed E-state index contributed by atoms with van der Waals surface area (Å²) in [4.78, 5) is 17.8. The van der Waals surface area contributed by atoms with Crippen LogP contribution in [0, 0.1) is 0 Å². The van der Waals surface area contributed by atoms with Crippen LogP contribution in [0.25, 0.3) is 11.0 Å². The van der Waals surface area contributed by atoms with Crippen LogP contribution in [0.3, 0.4) is 0 Å². The number of hydrogen-bond donors (Lipinski definition) is 1. The Kier molecular flexibility index (Phi) is 6.95. The van der Waals surface area contributed by atoms with Crippen molar-refractivity contribution < 1.29 is 8.78 Å². The van der Waals surface area contributed by atoms with Gasteiger partial charge in [-0.2, -0.15) is 0 Å². The highest BCUT2D eigenvalue weighted by atomic mass is 19.3. The summed E-state index contributed by atoms with van der Waals surface area (Å²) in [6, 6.07) is 2.25. The summed E-state index contributed by atoms with van der Waals surface area (Å²) in [7, 11) is 3.91. The fraction of sp³-hybridized carbons (Fsp3) is 0.636. The molecule has 6 nitrogen and oxygen atoms in total. The summed E-state index contributed by atoms with van der Waals surface area (Å²) in [6.45, 7) is 7.30. The van der Waals surface area contributed by atoms with E-state index in [1.54, 1.807) is 20.2 Å². The van der Waals surface area contributed by atoms with Gasteiger partial charge in [0, 0.05) is 57.2 Å². The first-order chi connectivity index (χ1) is 14.2. The standard InChI is InChI=1S/C22H34F2N6/c1-6-11-28(4)17(3)16(2)22(23,24)14-30-12-8-18(9-13-30)29(5)21-19-7-10-25-20(19)26-15-27-21/h7,10,15,18H,6,8-9,11-14H2,1-5H3,(H,25,26,27)/b17-16-. The monoisotopic (exact) mass is 420 g/mol. The largest absolute Gasteiger partial charge is 0.378 e. The summed E-state index contributed by atoms with van der Waals surface area (Å²) in [5, 5.41) is 0.987. The van der Waals surface area contributed by atoms with E-state index in [4.69, 9.17) is 0 Å². The molecule has 0 atom stereocenters. The van der Waals surface area contributed by atoms with Crippen LogP contribution < -0.4 is 4.90 Å². The Labute approximate surface area is 178 Å². The number of aromatic nitrogens is 3. The maximum Gasteiger partial charge on any atom is 0.283 e. The predicted molar refractivity (Wildman–Crippen MR) is 118 cm³/mol. The SMILES string of the molecule is CCCN(C)/C(C)=C(/C)C(F)(F)CN1CCC(N(C)c2ncnc3[nH]ccc23)CC1. The molecule has 1 fully saturated rings. The molecule has 0 spiro atoms. The smallest absolute Gasteiger partial charge is 0.283 e. The second-order valence-corrected chi connectivity index (χ2v) is 8.39. The fourth-order valence-electron chi connectivity index (χ4n) is 4.23. The number of fused-ring (bicyclic) bond motifs is 1. The number of nitrogens with one attached hydrogen (secondary N) is 1. The normalized spacial score (nSPS) is 17.3. The average molecular weight is 421 g/mol. The van der Waals surface area contributed by atoms with E-state index in [-0.39, 0.29) is 18.2 Å².